The summed E-state index contributed by atoms with van der Waals surface area (Å²) in [6.07, 6.45) is 3.66. The van der Waals surface area contributed by atoms with Gasteiger partial charge in [0, 0.05) is 6.04 Å². The smallest absolute Gasteiger partial charge is 0.119 e. The monoisotopic (exact) mass is 247 g/mol. The van der Waals surface area contributed by atoms with Gasteiger partial charge in [0.05, 0.1) is 0 Å². The van der Waals surface area contributed by atoms with Crippen molar-refractivity contribution in [1.29, 1.82) is 0 Å². The minimum absolute atomic E-state index is 0.255. The standard InChI is InChI=1S/C16H25NO/c1-4-16(2,3)13-7-9-15(10-8-13)18-12-14-6-5-11-17-14/h7-10,14,17H,4-6,11-12H2,1-3H3/t14-/m1/s1. The van der Waals surface area contributed by atoms with Gasteiger partial charge in [-0.1, -0.05) is 32.9 Å². The van der Waals surface area contributed by atoms with Crippen LogP contribution in [0.1, 0.15) is 45.6 Å². The van der Waals surface area contributed by atoms with E-state index in [1.54, 1.807) is 0 Å². The molecule has 2 nitrogen and oxygen atoms in total. The third-order valence-corrected chi connectivity index (χ3v) is 4.13. The molecule has 0 unspecified atom stereocenters. The first-order valence-electron chi connectivity index (χ1n) is 7.08. The summed E-state index contributed by atoms with van der Waals surface area (Å²) in [5, 5.41) is 3.45. The maximum Gasteiger partial charge on any atom is 0.119 e. The molecule has 1 aromatic rings. The van der Waals surface area contributed by atoms with Crippen LogP contribution in [-0.4, -0.2) is 19.2 Å². The molecule has 0 aromatic heterocycles. The first kappa shape index (κ1) is 13.4. The molecule has 2 heteroatoms. The van der Waals surface area contributed by atoms with Crippen molar-refractivity contribution in [3.05, 3.63) is 29.8 Å². The van der Waals surface area contributed by atoms with Crippen LogP contribution in [0.3, 0.4) is 0 Å². The van der Waals surface area contributed by atoms with Crippen LogP contribution < -0.4 is 10.1 Å². The Balaban J connectivity index is 1.91. The van der Waals surface area contributed by atoms with E-state index in [1.165, 1.54) is 18.4 Å². The van der Waals surface area contributed by atoms with Crippen LogP contribution >= 0.6 is 0 Å². The Hall–Kier alpha value is -1.02. The van der Waals surface area contributed by atoms with E-state index in [9.17, 15) is 0 Å². The van der Waals surface area contributed by atoms with Gasteiger partial charge in [0.2, 0.25) is 0 Å². The van der Waals surface area contributed by atoms with Gasteiger partial charge < -0.3 is 10.1 Å². The summed E-state index contributed by atoms with van der Waals surface area (Å²) in [5.74, 6) is 0.986. The second-order valence-electron chi connectivity index (χ2n) is 5.87. The molecule has 2 rings (SSSR count). The molecule has 1 atom stereocenters. The van der Waals surface area contributed by atoms with Crippen molar-refractivity contribution in [2.24, 2.45) is 0 Å². The average Bonchev–Trinajstić information content (AvgIpc) is 2.90. The fraction of sp³-hybridized carbons (Fsp3) is 0.625. The lowest BCUT2D eigenvalue weighted by atomic mass is 9.82. The molecule has 0 spiro atoms. The second-order valence-corrected chi connectivity index (χ2v) is 5.87. The molecule has 1 N–H and O–H groups in total. The summed E-state index contributed by atoms with van der Waals surface area (Å²) >= 11 is 0. The van der Waals surface area contributed by atoms with E-state index in [0.717, 1.165) is 25.3 Å². The van der Waals surface area contributed by atoms with Gasteiger partial charge in [-0.25, -0.2) is 0 Å². The molecule has 1 aromatic carbocycles. The Morgan fingerprint density at radius 1 is 1.28 bits per heavy atom. The molecule has 0 amide bonds. The number of nitrogens with one attached hydrogen (secondary N) is 1. The van der Waals surface area contributed by atoms with Crippen molar-refractivity contribution in [2.45, 2.75) is 51.5 Å². The highest BCUT2D eigenvalue weighted by Crippen LogP contribution is 2.28. The Bertz CT molecular complexity index is 363. The van der Waals surface area contributed by atoms with Crippen molar-refractivity contribution >= 4 is 0 Å². The van der Waals surface area contributed by atoms with Gasteiger partial charge in [-0.15, -0.1) is 0 Å². The molecule has 18 heavy (non-hydrogen) atoms. The van der Waals surface area contributed by atoms with E-state index in [4.69, 9.17) is 4.74 Å². The van der Waals surface area contributed by atoms with E-state index < -0.39 is 0 Å². The lowest BCUT2D eigenvalue weighted by molar-refractivity contribution is 0.277. The van der Waals surface area contributed by atoms with E-state index in [1.807, 2.05) is 0 Å². The summed E-state index contributed by atoms with van der Waals surface area (Å²) in [7, 11) is 0. The zero-order valence-electron chi connectivity index (χ0n) is 11.8. The minimum atomic E-state index is 0.255. The van der Waals surface area contributed by atoms with Gasteiger partial charge in [0.15, 0.2) is 0 Å². The maximum atomic E-state index is 5.83. The highest BCUT2D eigenvalue weighted by Gasteiger charge is 2.18. The highest BCUT2D eigenvalue weighted by atomic mass is 16.5. The molecule has 0 saturated carbocycles. The van der Waals surface area contributed by atoms with Crippen molar-refractivity contribution in [3.63, 3.8) is 0 Å². The molecule has 0 aliphatic carbocycles. The van der Waals surface area contributed by atoms with Crippen LogP contribution in [0, 0.1) is 0 Å². The zero-order valence-corrected chi connectivity index (χ0v) is 11.8. The predicted molar refractivity (Wildman–Crippen MR) is 76.3 cm³/mol. The lowest BCUT2D eigenvalue weighted by Crippen LogP contribution is -2.28. The van der Waals surface area contributed by atoms with Crippen LogP contribution in [-0.2, 0) is 5.41 Å². The third-order valence-electron chi connectivity index (χ3n) is 4.13. The van der Waals surface area contributed by atoms with Gasteiger partial charge in [-0.05, 0) is 48.9 Å². The summed E-state index contributed by atoms with van der Waals surface area (Å²) in [5.41, 5.74) is 1.64. The van der Waals surface area contributed by atoms with E-state index in [-0.39, 0.29) is 5.41 Å². The van der Waals surface area contributed by atoms with E-state index in [2.05, 4.69) is 50.4 Å². The highest BCUT2D eigenvalue weighted by molar-refractivity contribution is 5.31. The van der Waals surface area contributed by atoms with Gasteiger partial charge in [-0.2, -0.15) is 0 Å². The molecule has 100 valence electrons. The fourth-order valence-corrected chi connectivity index (χ4v) is 2.30. The Labute approximate surface area is 111 Å². The van der Waals surface area contributed by atoms with Crippen LogP contribution in [0.15, 0.2) is 24.3 Å². The molecule has 1 saturated heterocycles. The van der Waals surface area contributed by atoms with Crippen molar-refractivity contribution in [1.82, 2.24) is 5.32 Å². The molecule has 1 aliphatic rings. The largest absolute Gasteiger partial charge is 0.492 e. The third kappa shape index (κ3) is 3.26. The molecule has 0 radical (unpaired) electrons. The number of hydrogen-bond acceptors (Lipinski definition) is 2. The molecular formula is C16H25NO. The van der Waals surface area contributed by atoms with Crippen LogP contribution in [0.25, 0.3) is 0 Å². The lowest BCUT2D eigenvalue weighted by Gasteiger charge is -2.23. The maximum absolute atomic E-state index is 5.83. The van der Waals surface area contributed by atoms with E-state index in [0.29, 0.717) is 6.04 Å². The molecule has 1 heterocycles. The quantitative estimate of drug-likeness (QED) is 0.859. The van der Waals surface area contributed by atoms with Crippen LogP contribution in [0.5, 0.6) is 5.75 Å². The van der Waals surface area contributed by atoms with Gasteiger partial charge >= 0.3 is 0 Å². The number of benzene rings is 1. The molecular weight excluding hydrogens is 222 g/mol. The predicted octanol–water partition coefficient (Wildman–Crippen LogP) is 3.51. The van der Waals surface area contributed by atoms with Crippen molar-refractivity contribution in [3.8, 4) is 5.75 Å². The van der Waals surface area contributed by atoms with Gasteiger partial charge in [-0.3, -0.25) is 0 Å². The number of ether oxygens (including phenoxy) is 1. The summed E-state index contributed by atoms with van der Waals surface area (Å²) in [6.45, 7) is 8.72. The number of hydrogen-bond donors (Lipinski definition) is 1. The Morgan fingerprint density at radius 2 is 2.00 bits per heavy atom. The summed E-state index contributed by atoms with van der Waals surface area (Å²) < 4.78 is 5.83. The van der Waals surface area contributed by atoms with Crippen LogP contribution in [0.2, 0.25) is 0 Å². The molecule has 1 aliphatic heterocycles. The number of rotatable bonds is 5. The SMILES string of the molecule is CCC(C)(C)c1ccc(OC[C@H]2CCCN2)cc1. The summed E-state index contributed by atoms with van der Waals surface area (Å²) in [6, 6.07) is 9.13. The first-order chi connectivity index (χ1) is 8.62. The molecule has 0 bridgehead atoms. The minimum Gasteiger partial charge on any atom is -0.492 e. The first-order valence-corrected chi connectivity index (χ1v) is 7.08. The van der Waals surface area contributed by atoms with E-state index >= 15 is 0 Å². The molecule has 1 fully saturated rings. The Morgan fingerprint density at radius 3 is 2.56 bits per heavy atom. The van der Waals surface area contributed by atoms with Gasteiger partial charge in [0.1, 0.15) is 12.4 Å². The van der Waals surface area contributed by atoms with Crippen LogP contribution in [0.4, 0.5) is 0 Å². The summed E-state index contributed by atoms with van der Waals surface area (Å²) in [4.78, 5) is 0. The average molecular weight is 247 g/mol. The van der Waals surface area contributed by atoms with Crippen molar-refractivity contribution in [2.75, 3.05) is 13.2 Å². The zero-order chi connectivity index (χ0) is 13.0. The van der Waals surface area contributed by atoms with Gasteiger partial charge in [0.25, 0.3) is 0 Å². The topological polar surface area (TPSA) is 21.3 Å². The normalized spacial score (nSPS) is 20.1. The second kappa shape index (κ2) is 5.75. The Kier molecular flexibility index (Phi) is 4.28. The van der Waals surface area contributed by atoms with Crippen molar-refractivity contribution < 1.29 is 4.74 Å². The fourth-order valence-electron chi connectivity index (χ4n) is 2.30.